The zero-order chi connectivity index (χ0) is 18.5. The first kappa shape index (κ1) is 18.2. The molecule has 1 unspecified atom stereocenters. The number of halogens is 1. The number of piperazine rings is 1. The van der Waals surface area contributed by atoms with Gasteiger partial charge in [-0.2, -0.15) is 5.26 Å². The summed E-state index contributed by atoms with van der Waals surface area (Å²) in [4.78, 5) is 16.6. The molecule has 1 saturated heterocycles. The number of amides is 1. The molecule has 6 heteroatoms. The molecule has 0 aliphatic carbocycles. The molecule has 1 fully saturated rings. The van der Waals surface area contributed by atoms with Crippen LogP contribution in [0.4, 0.5) is 0 Å². The van der Waals surface area contributed by atoms with Crippen LogP contribution < -0.4 is 4.74 Å². The second-order valence-corrected chi connectivity index (χ2v) is 6.58. The van der Waals surface area contributed by atoms with Gasteiger partial charge in [0, 0.05) is 36.8 Å². The Morgan fingerprint density at radius 3 is 2.23 bits per heavy atom. The fourth-order valence-electron chi connectivity index (χ4n) is 3.11. The Balaban J connectivity index is 1.63. The average molecular weight is 370 g/mol. The molecule has 1 atom stereocenters. The van der Waals surface area contributed by atoms with Crippen molar-refractivity contribution in [1.82, 2.24) is 9.80 Å². The highest BCUT2D eigenvalue weighted by Crippen LogP contribution is 2.24. The third-order valence-electron chi connectivity index (χ3n) is 4.61. The molecule has 0 radical (unpaired) electrons. The number of nitriles is 1. The molecule has 1 aliphatic rings. The zero-order valence-electron chi connectivity index (χ0n) is 14.6. The van der Waals surface area contributed by atoms with Crippen molar-refractivity contribution in [2.75, 3.05) is 33.3 Å². The minimum atomic E-state index is -0.328. The highest BCUT2D eigenvalue weighted by Gasteiger charge is 2.27. The van der Waals surface area contributed by atoms with Gasteiger partial charge in [0.15, 0.2) is 0 Å². The van der Waals surface area contributed by atoms with Crippen LogP contribution in [0.2, 0.25) is 5.02 Å². The number of nitrogens with zero attached hydrogens (tertiary/aromatic N) is 3. The Kier molecular flexibility index (Phi) is 5.77. The summed E-state index contributed by atoms with van der Waals surface area (Å²) >= 11 is 5.93. The molecule has 2 aromatic rings. The van der Waals surface area contributed by atoms with Gasteiger partial charge < -0.3 is 9.64 Å². The number of carbonyl (C=O) groups is 1. The normalized spacial score (nSPS) is 16.0. The van der Waals surface area contributed by atoms with Crippen molar-refractivity contribution in [1.29, 1.82) is 5.26 Å². The van der Waals surface area contributed by atoms with Crippen LogP contribution in [-0.2, 0) is 0 Å². The van der Waals surface area contributed by atoms with Crippen LogP contribution in [0.15, 0.2) is 48.5 Å². The molecule has 1 heterocycles. The molecule has 1 aliphatic heterocycles. The van der Waals surface area contributed by atoms with Crippen LogP contribution >= 0.6 is 11.6 Å². The van der Waals surface area contributed by atoms with Crippen molar-refractivity contribution in [2.24, 2.45) is 0 Å². The molecular weight excluding hydrogens is 350 g/mol. The van der Waals surface area contributed by atoms with Crippen molar-refractivity contribution in [3.05, 3.63) is 64.7 Å². The van der Waals surface area contributed by atoms with E-state index in [1.54, 1.807) is 43.5 Å². The SMILES string of the molecule is COc1ccc(C(=O)N2CCN(C(C#N)c3ccc(Cl)cc3)CC2)cc1. The second kappa shape index (κ2) is 8.22. The Morgan fingerprint density at radius 2 is 1.69 bits per heavy atom. The summed E-state index contributed by atoms with van der Waals surface area (Å²) in [6.07, 6.45) is 0. The van der Waals surface area contributed by atoms with E-state index in [0.717, 1.165) is 11.3 Å². The minimum absolute atomic E-state index is 0.00676. The summed E-state index contributed by atoms with van der Waals surface area (Å²) in [6.45, 7) is 2.50. The van der Waals surface area contributed by atoms with Gasteiger partial charge in [-0.3, -0.25) is 9.69 Å². The van der Waals surface area contributed by atoms with Gasteiger partial charge in [-0.1, -0.05) is 23.7 Å². The lowest BCUT2D eigenvalue weighted by atomic mass is 10.1. The lowest BCUT2D eigenvalue weighted by molar-refractivity contribution is 0.0606. The van der Waals surface area contributed by atoms with Crippen LogP contribution in [0.5, 0.6) is 5.75 Å². The first-order chi connectivity index (χ1) is 12.6. The molecule has 0 N–H and O–H groups in total. The predicted molar refractivity (Wildman–Crippen MR) is 100 cm³/mol. The van der Waals surface area contributed by atoms with E-state index >= 15 is 0 Å². The van der Waals surface area contributed by atoms with Crippen LogP contribution in [0, 0.1) is 11.3 Å². The summed E-state index contributed by atoms with van der Waals surface area (Å²) in [7, 11) is 1.60. The number of carbonyl (C=O) groups excluding carboxylic acids is 1. The van der Waals surface area contributed by atoms with Crippen molar-refractivity contribution in [3.8, 4) is 11.8 Å². The monoisotopic (exact) mass is 369 g/mol. The third kappa shape index (κ3) is 3.98. The fourth-order valence-corrected chi connectivity index (χ4v) is 3.24. The smallest absolute Gasteiger partial charge is 0.253 e. The molecule has 134 valence electrons. The van der Waals surface area contributed by atoms with Crippen molar-refractivity contribution in [2.45, 2.75) is 6.04 Å². The number of benzene rings is 2. The number of ether oxygens (including phenoxy) is 1. The van der Waals surface area contributed by atoms with Gasteiger partial charge in [0.1, 0.15) is 11.8 Å². The quantitative estimate of drug-likeness (QED) is 0.829. The van der Waals surface area contributed by atoms with E-state index < -0.39 is 0 Å². The Hall–Kier alpha value is -2.55. The maximum absolute atomic E-state index is 12.6. The highest BCUT2D eigenvalue weighted by molar-refractivity contribution is 6.30. The van der Waals surface area contributed by atoms with Crippen LogP contribution in [0.25, 0.3) is 0 Å². The van der Waals surface area contributed by atoms with Gasteiger partial charge in [0.05, 0.1) is 13.2 Å². The lowest BCUT2D eigenvalue weighted by Crippen LogP contribution is -2.49. The summed E-state index contributed by atoms with van der Waals surface area (Å²) in [5.41, 5.74) is 1.57. The van der Waals surface area contributed by atoms with E-state index in [1.807, 2.05) is 17.0 Å². The highest BCUT2D eigenvalue weighted by atomic mass is 35.5. The molecule has 2 aromatic carbocycles. The van der Waals surface area contributed by atoms with Gasteiger partial charge in [-0.05, 0) is 42.0 Å². The molecule has 0 saturated carbocycles. The fraction of sp³-hybridized carbons (Fsp3) is 0.300. The number of hydrogen-bond acceptors (Lipinski definition) is 4. The predicted octanol–water partition coefficient (Wildman–Crippen LogP) is 3.37. The summed E-state index contributed by atoms with van der Waals surface area (Å²) < 4.78 is 5.13. The maximum atomic E-state index is 12.6. The molecule has 26 heavy (non-hydrogen) atoms. The van der Waals surface area contributed by atoms with E-state index in [9.17, 15) is 10.1 Å². The molecular formula is C20H20ClN3O2. The van der Waals surface area contributed by atoms with E-state index in [4.69, 9.17) is 16.3 Å². The molecule has 0 bridgehead atoms. The van der Waals surface area contributed by atoms with E-state index in [1.165, 1.54) is 0 Å². The topological polar surface area (TPSA) is 56.6 Å². The summed E-state index contributed by atoms with van der Waals surface area (Å²) in [6, 6.07) is 16.5. The van der Waals surface area contributed by atoms with Gasteiger partial charge in [-0.15, -0.1) is 0 Å². The first-order valence-corrected chi connectivity index (χ1v) is 8.82. The van der Waals surface area contributed by atoms with Crippen LogP contribution in [-0.4, -0.2) is 49.0 Å². The summed E-state index contributed by atoms with van der Waals surface area (Å²) in [5, 5.41) is 10.2. The Labute approximate surface area is 158 Å². The number of rotatable bonds is 4. The minimum Gasteiger partial charge on any atom is -0.497 e. The third-order valence-corrected chi connectivity index (χ3v) is 4.86. The van der Waals surface area contributed by atoms with Crippen LogP contribution in [0.3, 0.4) is 0 Å². The Morgan fingerprint density at radius 1 is 1.08 bits per heavy atom. The summed E-state index contributed by atoms with van der Waals surface area (Å²) in [5.74, 6) is 0.735. The standard InChI is InChI=1S/C20H20ClN3O2/c1-26-18-8-4-16(5-9-18)20(25)24-12-10-23(11-13-24)19(14-22)15-2-6-17(21)7-3-15/h2-9,19H,10-13H2,1H3. The largest absolute Gasteiger partial charge is 0.497 e. The van der Waals surface area contributed by atoms with E-state index in [2.05, 4.69) is 11.0 Å². The average Bonchev–Trinajstić information content (AvgIpc) is 2.70. The van der Waals surface area contributed by atoms with Gasteiger partial charge in [0.25, 0.3) is 5.91 Å². The van der Waals surface area contributed by atoms with Crippen molar-refractivity contribution >= 4 is 17.5 Å². The maximum Gasteiger partial charge on any atom is 0.253 e. The first-order valence-electron chi connectivity index (χ1n) is 8.45. The Bertz CT molecular complexity index is 791. The lowest BCUT2D eigenvalue weighted by Gasteiger charge is -2.37. The van der Waals surface area contributed by atoms with E-state index in [-0.39, 0.29) is 11.9 Å². The van der Waals surface area contributed by atoms with Crippen molar-refractivity contribution < 1.29 is 9.53 Å². The van der Waals surface area contributed by atoms with Gasteiger partial charge in [0.2, 0.25) is 0 Å². The second-order valence-electron chi connectivity index (χ2n) is 6.14. The zero-order valence-corrected chi connectivity index (χ0v) is 15.3. The van der Waals surface area contributed by atoms with Crippen molar-refractivity contribution in [3.63, 3.8) is 0 Å². The van der Waals surface area contributed by atoms with E-state index in [0.29, 0.717) is 36.8 Å². The number of methoxy groups -OCH3 is 1. The van der Waals surface area contributed by atoms with Gasteiger partial charge in [-0.25, -0.2) is 0 Å². The molecule has 1 amide bonds. The van der Waals surface area contributed by atoms with Gasteiger partial charge >= 0.3 is 0 Å². The molecule has 5 nitrogen and oxygen atoms in total. The molecule has 0 spiro atoms. The number of hydrogen-bond donors (Lipinski definition) is 0. The van der Waals surface area contributed by atoms with Crippen LogP contribution in [0.1, 0.15) is 22.0 Å². The molecule has 0 aromatic heterocycles. The molecule has 3 rings (SSSR count).